The normalized spacial score (nSPS) is 23.7. The summed E-state index contributed by atoms with van der Waals surface area (Å²) in [5.41, 5.74) is 1.57. The first-order valence-electron chi connectivity index (χ1n) is 7.84. The summed E-state index contributed by atoms with van der Waals surface area (Å²) in [5.74, 6) is 1.04. The summed E-state index contributed by atoms with van der Waals surface area (Å²) in [7, 11) is 0. The van der Waals surface area contributed by atoms with Gasteiger partial charge in [0.1, 0.15) is 0 Å². The minimum atomic E-state index is 0.620. The second kappa shape index (κ2) is 6.73. The molecule has 2 aliphatic carbocycles. The molecule has 19 heavy (non-hydrogen) atoms. The number of fused-ring (bicyclic) bond motifs is 1. The highest BCUT2D eigenvalue weighted by Crippen LogP contribution is 2.38. The molecule has 1 fully saturated rings. The van der Waals surface area contributed by atoms with Crippen LogP contribution in [0.5, 0.6) is 0 Å². The summed E-state index contributed by atoms with van der Waals surface area (Å²) in [4.78, 5) is 1.60. The number of aryl methyl sites for hydroxylation is 1. The lowest BCUT2D eigenvalue weighted by atomic mass is 9.94. The first-order valence-corrected chi connectivity index (χ1v) is 9.45. The Kier molecular flexibility index (Phi) is 4.99. The maximum atomic E-state index is 3.80. The summed E-state index contributed by atoms with van der Waals surface area (Å²) in [6, 6.07) is 2.96. The molecule has 1 aromatic rings. The average molecular weight is 342 g/mol. The standard InChI is InChI=1S/C16H24BrNS/c17-16-11-13-14(8-3-9-15(13)19-16)18-10-4-7-12-5-1-2-6-12/h11-12,14,18H,1-10H2. The van der Waals surface area contributed by atoms with Gasteiger partial charge in [-0.3, -0.25) is 0 Å². The molecule has 0 spiro atoms. The molecule has 3 heteroatoms. The Morgan fingerprint density at radius 3 is 2.89 bits per heavy atom. The van der Waals surface area contributed by atoms with Crippen molar-refractivity contribution in [1.29, 1.82) is 0 Å². The van der Waals surface area contributed by atoms with E-state index >= 15 is 0 Å². The maximum Gasteiger partial charge on any atom is 0.0704 e. The van der Waals surface area contributed by atoms with Gasteiger partial charge in [0, 0.05) is 10.9 Å². The molecule has 0 aliphatic heterocycles. The highest BCUT2D eigenvalue weighted by atomic mass is 79.9. The van der Waals surface area contributed by atoms with Gasteiger partial charge >= 0.3 is 0 Å². The second-order valence-corrected chi connectivity index (χ2v) is 8.64. The van der Waals surface area contributed by atoms with Gasteiger partial charge in [0.15, 0.2) is 0 Å². The maximum absolute atomic E-state index is 3.80. The predicted octanol–water partition coefficient (Wildman–Crippen LogP) is 5.45. The van der Waals surface area contributed by atoms with Crippen molar-refractivity contribution in [2.45, 2.75) is 63.8 Å². The van der Waals surface area contributed by atoms with Gasteiger partial charge < -0.3 is 5.32 Å². The molecule has 3 rings (SSSR count). The van der Waals surface area contributed by atoms with Crippen LogP contribution >= 0.6 is 27.3 Å². The van der Waals surface area contributed by atoms with E-state index in [-0.39, 0.29) is 0 Å². The molecular formula is C16H24BrNS. The van der Waals surface area contributed by atoms with Crippen LogP contribution in [-0.2, 0) is 6.42 Å². The van der Waals surface area contributed by atoms with E-state index in [0.717, 1.165) is 5.92 Å². The Morgan fingerprint density at radius 2 is 2.05 bits per heavy atom. The smallest absolute Gasteiger partial charge is 0.0704 e. The highest BCUT2D eigenvalue weighted by molar-refractivity contribution is 9.11. The van der Waals surface area contributed by atoms with E-state index in [1.165, 1.54) is 68.1 Å². The topological polar surface area (TPSA) is 12.0 Å². The minimum absolute atomic E-state index is 0.620. The third-order valence-electron chi connectivity index (χ3n) is 4.74. The Labute approximate surface area is 129 Å². The van der Waals surface area contributed by atoms with Crippen molar-refractivity contribution in [2.24, 2.45) is 5.92 Å². The Hall–Kier alpha value is 0.140. The fraction of sp³-hybridized carbons (Fsp3) is 0.750. The fourth-order valence-corrected chi connectivity index (χ4v) is 5.52. The van der Waals surface area contributed by atoms with Crippen molar-refractivity contribution < 1.29 is 0 Å². The van der Waals surface area contributed by atoms with Crippen molar-refractivity contribution in [3.05, 3.63) is 20.3 Å². The summed E-state index contributed by atoms with van der Waals surface area (Å²) < 4.78 is 1.30. The number of hydrogen-bond donors (Lipinski definition) is 1. The zero-order valence-corrected chi connectivity index (χ0v) is 14.0. The molecule has 106 valence electrons. The lowest BCUT2D eigenvalue weighted by molar-refractivity contribution is 0.424. The van der Waals surface area contributed by atoms with E-state index in [9.17, 15) is 0 Å². The fourth-order valence-electron chi connectivity index (χ4n) is 3.70. The summed E-state index contributed by atoms with van der Waals surface area (Å²) >= 11 is 5.57. The van der Waals surface area contributed by atoms with Crippen LogP contribution in [0.15, 0.2) is 9.85 Å². The zero-order chi connectivity index (χ0) is 13.1. The molecule has 1 nitrogen and oxygen atoms in total. The molecule has 0 radical (unpaired) electrons. The Balaban J connectivity index is 1.45. The van der Waals surface area contributed by atoms with E-state index in [0.29, 0.717) is 6.04 Å². The van der Waals surface area contributed by atoms with Crippen molar-refractivity contribution in [3.63, 3.8) is 0 Å². The van der Waals surface area contributed by atoms with Crippen LogP contribution in [0.4, 0.5) is 0 Å². The van der Waals surface area contributed by atoms with Gasteiger partial charge in [0.2, 0.25) is 0 Å². The highest BCUT2D eigenvalue weighted by Gasteiger charge is 2.22. The van der Waals surface area contributed by atoms with Crippen LogP contribution in [0.25, 0.3) is 0 Å². The number of halogens is 1. The van der Waals surface area contributed by atoms with Gasteiger partial charge in [-0.25, -0.2) is 0 Å². The van der Waals surface area contributed by atoms with Crippen LogP contribution in [0, 0.1) is 5.92 Å². The molecule has 0 aromatic carbocycles. The van der Waals surface area contributed by atoms with Gasteiger partial charge in [-0.05, 0) is 72.1 Å². The molecule has 0 saturated heterocycles. The third-order valence-corrected chi connectivity index (χ3v) is 6.45. The summed E-state index contributed by atoms with van der Waals surface area (Å²) in [6.07, 6.45) is 12.7. The molecule has 1 atom stereocenters. The number of nitrogens with one attached hydrogen (secondary N) is 1. The second-order valence-electron chi connectivity index (χ2n) is 6.12. The van der Waals surface area contributed by atoms with Crippen LogP contribution in [0.3, 0.4) is 0 Å². The Bertz CT molecular complexity index is 409. The van der Waals surface area contributed by atoms with E-state index in [2.05, 4.69) is 27.3 Å². The number of rotatable bonds is 5. The average Bonchev–Trinajstić information content (AvgIpc) is 3.02. The van der Waals surface area contributed by atoms with Crippen LogP contribution in [-0.4, -0.2) is 6.54 Å². The molecule has 1 unspecified atom stereocenters. The molecule has 0 bridgehead atoms. The predicted molar refractivity (Wildman–Crippen MR) is 86.9 cm³/mol. The summed E-state index contributed by atoms with van der Waals surface area (Å²) in [6.45, 7) is 1.20. The molecule has 0 amide bonds. The third kappa shape index (κ3) is 3.62. The van der Waals surface area contributed by atoms with Gasteiger partial charge in [-0.15, -0.1) is 11.3 Å². The summed E-state index contributed by atoms with van der Waals surface area (Å²) in [5, 5.41) is 3.80. The van der Waals surface area contributed by atoms with E-state index < -0.39 is 0 Å². The van der Waals surface area contributed by atoms with E-state index in [4.69, 9.17) is 0 Å². The van der Waals surface area contributed by atoms with Gasteiger partial charge in [-0.1, -0.05) is 25.7 Å². The number of thiophene rings is 1. The van der Waals surface area contributed by atoms with Gasteiger partial charge in [-0.2, -0.15) is 0 Å². The molecule has 1 aromatic heterocycles. The van der Waals surface area contributed by atoms with E-state index in [1.54, 1.807) is 10.4 Å². The van der Waals surface area contributed by atoms with E-state index in [1.807, 2.05) is 11.3 Å². The van der Waals surface area contributed by atoms with Crippen LogP contribution < -0.4 is 5.32 Å². The molecule has 2 aliphatic rings. The molecule has 1 heterocycles. The van der Waals surface area contributed by atoms with Gasteiger partial charge in [0.25, 0.3) is 0 Å². The minimum Gasteiger partial charge on any atom is -0.310 e. The first-order chi connectivity index (χ1) is 9.33. The van der Waals surface area contributed by atoms with Crippen LogP contribution in [0.1, 0.15) is 67.8 Å². The molecule has 1 saturated carbocycles. The first kappa shape index (κ1) is 14.1. The largest absolute Gasteiger partial charge is 0.310 e. The number of hydrogen-bond acceptors (Lipinski definition) is 2. The Morgan fingerprint density at radius 1 is 1.21 bits per heavy atom. The lowest BCUT2D eigenvalue weighted by Crippen LogP contribution is -2.25. The van der Waals surface area contributed by atoms with Crippen molar-refractivity contribution >= 4 is 27.3 Å². The molecule has 1 N–H and O–H groups in total. The van der Waals surface area contributed by atoms with Gasteiger partial charge in [0.05, 0.1) is 3.79 Å². The SMILES string of the molecule is Brc1cc2c(s1)CCCC2NCCCC1CCCC1. The van der Waals surface area contributed by atoms with Crippen molar-refractivity contribution in [3.8, 4) is 0 Å². The van der Waals surface area contributed by atoms with Crippen molar-refractivity contribution in [2.75, 3.05) is 6.54 Å². The molecular weight excluding hydrogens is 318 g/mol. The lowest BCUT2D eigenvalue weighted by Gasteiger charge is -2.24. The quantitative estimate of drug-likeness (QED) is 0.702. The van der Waals surface area contributed by atoms with Crippen molar-refractivity contribution in [1.82, 2.24) is 5.32 Å². The van der Waals surface area contributed by atoms with Crippen LogP contribution in [0.2, 0.25) is 0 Å². The zero-order valence-electron chi connectivity index (χ0n) is 11.6. The monoisotopic (exact) mass is 341 g/mol.